The highest BCUT2D eigenvalue weighted by Crippen LogP contribution is 2.36. The van der Waals surface area contributed by atoms with E-state index < -0.39 is 0 Å². The van der Waals surface area contributed by atoms with E-state index in [4.69, 9.17) is 9.72 Å². The Kier molecular flexibility index (Phi) is 6.13. The molecule has 1 aromatic heterocycles. The topological polar surface area (TPSA) is 34.1 Å². The number of aromatic nitrogens is 1. The maximum atomic E-state index is 5.15. The van der Waals surface area contributed by atoms with Gasteiger partial charge in [-0.1, -0.05) is 13.8 Å². The quantitative estimate of drug-likeness (QED) is 0.784. The molecule has 1 N–H and O–H groups in total. The molecule has 0 aliphatic carbocycles. The first-order chi connectivity index (χ1) is 9.22. The van der Waals surface area contributed by atoms with E-state index in [0.717, 1.165) is 13.2 Å². The molecular formula is C14H24N2OS2. The summed E-state index contributed by atoms with van der Waals surface area (Å²) >= 11 is 3.87. The highest BCUT2D eigenvalue weighted by molar-refractivity contribution is 7.99. The Morgan fingerprint density at radius 2 is 2.37 bits per heavy atom. The molecule has 2 heterocycles. The van der Waals surface area contributed by atoms with Gasteiger partial charge in [0, 0.05) is 19.0 Å². The van der Waals surface area contributed by atoms with E-state index in [1.165, 1.54) is 28.6 Å². The Hall–Kier alpha value is -0.100. The van der Waals surface area contributed by atoms with Crippen molar-refractivity contribution in [2.75, 3.05) is 31.8 Å². The number of nitrogens with zero attached hydrogens (tertiary/aromatic N) is 1. The molecule has 1 aliphatic rings. The second kappa shape index (κ2) is 7.62. The molecule has 0 saturated carbocycles. The molecule has 0 radical (unpaired) electrons. The number of ether oxygens (including phenoxy) is 1. The van der Waals surface area contributed by atoms with Gasteiger partial charge < -0.3 is 10.1 Å². The second-order valence-electron chi connectivity index (χ2n) is 5.31. The molecule has 1 aliphatic heterocycles. The summed E-state index contributed by atoms with van der Waals surface area (Å²) in [4.78, 5) is 4.84. The summed E-state index contributed by atoms with van der Waals surface area (Å²) < 4.78 is 5.15. The van der Waals surface area contributed by atoms with Gasteiger partial charge in [0.2, 0.25) is 0 Å². The normalized spacial score (nSPS) is 21.2. The molecule has 2 rings (SSSR count). The van der Waals surface area contributed by atoms with Gasteiger partial charge in [-0.2, -0.15) is 11.8 Å². The summed E-state index contributed by atoms with van der Waals surface area (Å²) in [6, 6.07) is 0.405. The zero-order valence-corrected chi connectivity index (χ0v) is 13.6. The van der Waals surface area contributed by atoms with Gasteiger partial charge in [0.15, 0.2) is 0 Å². The number of nitrogens with one attached hydrogen (secondary N) is 1. The molecule has 2 atom stereocenters. The van der Waals surface area contributed by atoms with Crippen LogP contribution in [0.4, 0.5) is 0 Å². The van der Waals surface area contributed by atoms with Gasteiger partial charge in [-0.3, -0.25) is 0 Å². The number of thiazole rings is 1. The van der Waals surface area contributed by atoms with Gasteiger partial charge in [0.25, 0.3) is 0 Å². The maximum Gasteiger partial charge on any atom is 0.110 e. The summed E-state index contributed by atoms with van der Waals surface area (Å²) in [6.45, 7) is 6.08. The van der Waals surface area contributed by atoms with E-state index in [-0.39, 0.29) is 0 Å². The van der Waals surface area contributed by atoms with Crippen molar-refractivity contribution in [3.8, 4) is 0 Å². The molecule has 0 amide bonds. The lowest BCUT2D eigenvalue weighted by atomic mass is 9.99. The molecule has 5 heteroatoms. The molecule has 2 unspecified atom stereocenters. The summed E-state index contributed by atoms with van der Waals surface area (Å²) in [6.07, 6.45) is 1.30. The minimum absolute atomic E-state index is 0.405. The van der Waals surface area contributed by atoms with Crippen LogP contribution < -0.4 is 5.32 Å². The zero-order chi connectivity index (χ0) is 13.7. The van der Waals surface area contributed by atoms with Crippen molar-refractivity contribution in [3.63, 3.8) is 0 Å². The Bertz CT molecular complexity index is 375. The average Bonchev–Trinajstić information content (AvgIpc) is 3.06. The molecular weight excluding hydrogens is 276 g/mol. The summed E-state index contributed by atoms with van der Waals surface area (Å²) in [5.41, 5.74) is 1.23. The number of hydrogen-bond donors (Lipinski definition) is 1. The number of hydrogen-bond acceptors (Lipinski definition) is 5. The Morgan fingerprint density at radius 3 is 2.95 bits per heavy atom. The first kappa shape index (κ1) is 15.3. The molecule has 0 aromatic carbocycles. The van der Waals surface area contributed by atoms with E-state index in [9.17, 15) is 0 Å². The van der Waals surface area contributed by atoms with Crippen LogP contribution in [0.5, 0.6) is 0 Å². The molecule has 0 spiro atoms. The number of rotatable bonds is 7. The van der Waals surface area contributed by atoms with E-state index in [1.807, 2.05) is 11.3 Å². The molecule has 3 nitrogen and oxygen atoms in total. The van der Waals surface area contributed by atoms with Crippen molar-refractivity contribution < 1.29 is 4.74 Å². The minimum atomic E-state index is 0.405. The highest BCUT2D eigenvalue weighted by Gasteiger charge is 2.28. The Labute approximate surface area is 124 Å². The smallest absolute Gasteiger partial charge is 0.110 e. The molecule has 1 aromatic rings. The van der Waals surface area contributed by atoms with Crippen molar-refractivity contribution in [2.45, 2.75) is 32.2 Å². The van der Waals surface area contributed by atoms with Crippen molar-refractivity contribution in [3.05, 3.63) is 16.1 Å². The van der Waals surface area contributed by atoms with Gasteiger partial charge in [-0.25, -0.2) is 4.98 Å². The third-order valence-corrected chi connectivity index (χ3v) is 5.64. The van der Waals surface area contributed by atoms with Crippen LogP contribution in [-0.4, -0.2) is 36.8 Å². The van der Waals surface area contributed by atoms with Crippen LogP contribution in [0.1, 0.15) is 42.9 Å². The van der Waals surface area contributed by atoms with Crippen LogP contribution in [0.3, 0.4) is 0 Å². The SMILES string of the molecule is COCCNC(c1nc(C(C)C)cs1)C1CCSC1. The lowest BCUT2D eigenvalue weighted by molar-refractivity contribution is 0.191. The fourth-order valence-corrected chi connectivity index (χ4v) is 4.74. The van der Waals surface area contributed by atoms with Crippen LogP contribution in [0.25, 0.3) is 0 Å². The lowest BCUT2D eigenvalue weighted by Gasteiger charge is -2.22. The van der Waals surface area contributed by atoms with E-state index in [2.05, 4.69) is 36.3 Å². The third-order valence-electron chi connectivity index (χ3n) is 3.50. The standard InChI is InChI=1S/C14H24N2OS2/c1-10(2)12-9-19-14(16-12)13(15-5-6-17-3)11-4-7-18-8-11/h9-11,13,15H,4-8H2,1-3H3. The Morgan fingerprint density at radius 1 is 1.53 bits per heavy atom. The lowest BCUT2D eigenvalue weighted by Crippen LogP contribution is -2.31. The van der Waals surface area contributed by atoms with E-state index in [0.29, 0.717) is 17.9 Å². The number of methoxy groups -OCH3 is 1. The third kappa shape index (κ3) is 4.18. The summed E-state index contributed by atoms with van der Waals surface area (Å²) in [7, 11) is 1.75. The maximum absolute atomic E-state index is 5.15. The van der Waals surface area contributed by atoms with Gasteiger partial charge in [-0.05, 0) is 29.8 Å². The van der Waals surface area contributed by atoms with Crippen molar-refractivity contribution in [1.29, 1.82) is 0 Å². The van der Waals surface area contributed by atoms with Gasteiger partial charge >= 0.3 is 0 Å². The molecule has 19 heavy (non-hydrogen) atoms. The fourth-order valence-electron chi connectivity index (χ4n) is 2.30. The van der Waals surface area contributed by atoms with Crippen LogP contribution in [0.2, 0.25) is 0 Å². The second-order valence-corrected chi connectivity index (χ2v) is 7.35. The van der Waals surface area contributed by atoms with Crippen LogP contribution in [0, 0.1) is 5.92 Å². The monoisotopic (exact) mass is 300 g/mol. The predicted octanol–water partition coefficient (Wildman–Crippen LogP) is 3.30. The van der Waals surface area contributed by atoms with E-state index >= 15 is 0 Å². The van der Waals surface area contributed by atoms with Crippen LogP contribution in [-0.2, 0) is 4.74 Å². The zero-order valence-electron chi connectivity index (χ0n) is 12.0. The van der Waals surface area contributed by atoms with Crippen molar-refractivity contribution >= 4 is 23.1 Å². The largest absolute Gasteiger partial charge is 0.383 e. The molecule has 108 valence electrons. The Balaban J connectivity index is 2.05. The van der Waals surface area contributed by atoms with Crippen molar-refractivity contribution in [2.24, 2.45) is 5.92 Å². The molecule has 1 fully saturated rings. The van der Waals surface area contributed by atoms with Crippen molar-refractivity contribution in [1.82, 2.24) is 10.3 Å². The molecule has 0 bridgehead atoms. The number of thioether (sulfide) groups is 1. The summed E-state index contributed by atoms with van der Waals surface area (Å²) in [5.74, 6) is 3.77. The van der Waals surface area contributed by atoms with Gasteiger partial charge in [0.05, 0.1) is 18.3 Å². The van der Waals surface area contributed by atoms with Gasteiger partial charge in [-0.15, -0.1) is 11.3 Å². The summed E-state index contributed by atoms with van der Waals surface area (Å²) in [5, 5.41) is 7.11. The predicted molar refractivity (Wildman–Crippen MR) is 84.3 cm³/mol. The first-order valence-corrected chi connectivity index (χ1v) is 9.01. The molecule has 1 saturated heterocycles. The average molecular weight is 300 g/mol. The van der Waals surface area contributed by atoms with Crippen LogP contribution in [0.15, 0.2) is 5.38 Å². The first-order valence-electron chi connectivity index (χ1n) is 6.97. The fraction of sp³-hybridized carbons (Fsp3) is 0.786. The van der Waals surface area contributed by atoms with Crippen LogP contribution >= 0.6 is 23.1 Å². The van der Waals surface area contributed by atoms with Gasteiger partial charge in [0.1, 0.15) is 5.01 Å². The van der Waals surface area contributed by atoms with E-state index in [1.54, 1.807) is 7.11 Å². The highest BCUT2D eigenvalue weighted by atomic mass is 32.2. The minimum Gasteiger partial charge on any atom is -0.383 e.